The van der Waals surface area contributed by atoms with Crippen LogP contribution in [-0.2, 0) is 11.8 Å². The highest BCUT2D eigenvalue weighted by Crippen LogP contribution is 2.11. The number of nitrogens with zero attached hydrogens (tertiary/aromatic N) is 2. The molecule has 8 heteroatoms. The topological polar surface area (TPSA) is 103 Å². The van der Waals surface area contributed by atoms with E-state index in [4.69, 9.17) is 14.6 Å². The van der Waals surface area contributed by atoms with Crippen LogP contribution in [0.4, 0.5) is 4.79 Å². The molecule has 0 unspecified atom stereocenters. The van der Waals surface area contributed by atoms with Gasteiger partial charge in [-0.25, -0.2) is 9.59 Å². The van der Waals surface area contributed by atoms with E-state index in [9.17, 15) is 9.59 Å². The van der Waals surface area contributed by atoms with Gasteiger partial charge in [0.25, 0.3) is 0 Å². The van der Waals surface area contributed by atoms with Crippen LogP contribution in [0.5, 0.6) is 5.88 Å². The number of ether oxygens (including phenoxy) is 2. The third-order valence-electron chi connectivity index (χ3n) is 2.32. The van der Waals surface area contributed by atoms with E-state index >= 15 is 0 Å². The molecule has 0 saturated heterocycles. The highest BCUT2D eigenvalue weighted by Gasteiger charge is 2.18. The van der Waals surface area contributed by atoms with Crippen LogP contribution < -0.4 is 10.1 Å². The Morgan fingerprint density at radius 1 is 1.48 bits per heavy atom. The minimum absolute atomic E-state index is 0.0257. The molecule has 2 N–H and O–H groups in total. The monoisotopic (exact) mass is 299 g/mol. The molecule has 8 nitrogen and oxygen atoms in total. The number of carbonyl (C=O) groups is 2. The van der Waals surface area contributed by atoms with E-state index in [0.717, 1.165) is 0 Å². The molecule has 21 heavy (non-hydrogen) atoms. The van der Waals surface area contributed by atoms with Gasteiger partial charge in [-0.05, 0) is 27.7 Å². The second-order valence-corrected chi connectivity index (χ2v) is 5.65. The first-order chi connectivity index (χ1) is 9.58. The van der Waals surface area contributed by atoms with E-state index in [2.05, 4.69) is 10.4 Å². The summed E-state index contributed by atoms with van der Waals surface area (Å²) in [6.45, 7) is 7.21. The molecule has 1 aromatic heterocycles. The smallest absolute Gasteiger partial charge is 0.407 e. The van der Waals surface area contributed by atoms with Gasteiger partial charge < -0.3 is 19.9 Å². The number of nitrogens with one attached hydrogen (secondary N) is 1. The first-order valence-electron chi connectivity index (χ1n) is 6.48. The van der Waals surface area contributed by atoms with Gasteiger partial charge in [-0.3, -0.25) is 4.68 Å². The van der Waals surface area contributed by atoms with Gasteiger partial charge in [-0.1, -0.05) is 0 Å². The van der Waals surface area contributed by atoms with Crippen molar-refractivity contribution in [3.8, 4) is 5.88 Å². The lowest BCUT2D eigenvalue weighted by Gasteiger charge is -2.21. The SMILES string of the molecule is C[C@@H](COc1cc(C(=O)O)n(C)n1)NC(=O)OC(C)(C)C. The van der Waals surface area contributed by atoms with Crippen LogP contribution in [0.1, 0.15) is 38.2 Å². The molecular weight excluding hydrogens is 278 g/mol. The number of aromatic nitrogens is 2. The van der Waals surface area contributed by atoms with Crippen molar-refractivity contribution >= 4 is 12.1 Å². The van der Waals surface area contributed by atoms with Crippen molar-refractivity contribution in [3.63, 3.8) is 0 Å². The molecule has 0 fully saturated rings. The molecule has 0 aliphatic carbocycles. The molecule has 0 aliphatic heterocycles. The normalized spacial score (nSPS) is 12.6. The fourth-order valence-electron chi connectivity index (χ4n) is 1.47. The Morgan fingerprint density at radius 3 is 2.57 bits per heavy atom. The zero-order valence-corrected chi connectivity index (χ0v) is 12.8. The summed E-state index contributed by atoms with van der Waals surface area (Å²) in [4.78, 5) is 22.4. The number of aryl methyl sites for hydroxylation is 1. The van der Waals surface area contributed by atoms with E-state index in [1.54, 1.807) is 27.7 Å². The van der Waals surface area contributed by atoms with Crippen LogP contribution in [0.2, 0.25) is 0 Å². The van der Waals surface area contributed by atoms with Crippen LogP contribution in [-0.4, -0.2) is 45.2 Å². The standard InChI is InChI=1S/C13H21N3O5/c1-8(14-12(19)21-13(2,3)4)7-20-10-6-9(11(17)18)16(5)15-10/h6,8H,7H2,1-5H3,(H,14,19)(H,17,18)/t8-/m0/s1. The van der Waals surface area contributed by atoms with E-state index < -0.39 is 17.7 Å². The molecule has 1 heterocycles. The molecule has 0 aromatic carbocycles. The maximum absolute atomic E-state index is 11.5. The number of carboxylic acids is 1. The molecule has 118 valence electrons. The zero-order chi connectivity index (χ0) is 16.2. The van der Waals surface area contributed by atoms with Gasteiger partial charge >= 0.3 is 12.1 Å². The molecule has 1 aromatic rings. The van der Waals surface area contributed by atoms with Gasteiger partial charge in [0.1, 0.15) is 17.9 Å². The summed E-state index contributed by atoms with van der Waals surface area (Å²) in [5.74, 6) is -0.896. The molecule has 1 atom stereocenters. The summed E-state index contributed by atoms with van der Waals surface area (Å²) in [6, 6.07) is 1.01. The fourth-order valence-corrected chi connectivity index (χ4v) is 1.47. The number of alkyl carbamates (subject to hydrolysis) is 1. The van der Waals surface area contributed by atoms with Crippen molar-refractivity contribution in [2.75, 3.05) is 6.61 Å². The maximum atomic E-state index is 11.5. The Morgan fingerprint density at radius 2 is 2.10 bits per heavy atom. The van der Waals surface area contributed by atoms with Crippen molar-refractivity contribution < 1.29 is 24.2 Å². The molecule has 0 aliphatic rings. The number of amides is 1. The molecule has 0 bridgehead atoms. The predicted octanol–water partition coefficient (Wildman–Crippen LogP) is 1.41. The van der Waals surface area contributed by atoms with Crippen LogP contribution in [0.25, 0.3) is 0 Å². The second kappa shape index (κ2) is 6.47. The Kier molecular flexibility index (Phi) is 5.17. The largest absolute Gasteiger partial charge is 0.477 e. The number of hydrogen-bond donors (Lipinski definition) is 2. The molecule has 1 rings (SSSR count). The van der Waals surface area contributed by atoms with Crippen molar-refractivity contribution in [2.24, 2.45) is 7.05 Å². The fraction of sp³-hybridized carbons (Fsp3) is 0.615. The third-order valence-corrected chi connectivity index (χ3v) is 2.32. The number of hydrogen-bond acceptors (Lipinski definition) is 5. The summed E-state index contributed by atoms with van der Waals surface area (Å²) in [5, 5.41) is 15.4. The lowest BCUT2D eigenvalue weighted by Crippen LogP contribution is -2.40. The summed E-state index contributed by atoms with van der Waals surface area (Å²) in [6.07, 6.45) is -0.536. The van der Waals surface area contributed by atoms with Crippen LogP contribution in [0.3, 0.4) is 0 Å². The van der Waals surface area contributed by atoms with Gasteiger partial charge in [0, 0.05) is 13.1 Å². The number of carboxylic acid groups (broad SMARTS) is 1. The predicted molar refractivity (Wildman–Crippen MR) is 74.5 cm³/mol. The molecule has 1 amide bonds. The van der Waals surface area contributed by atoms with Crippen molar-refractivity contribution in [2.45, 2.75) is 39.3 Å². The Hall–Kier alpha value is -2.25. The van der Waals surface area contributed by atoms with E-state index in [0.29, 0.717) is 0 Å². The lowest BCUT2D eigenvalue weighted by molar-refractivity contribution is 0.0492. The Labute approximate surface area is 123 Å². The van der Waals surface area contributed by atoms with Crippen LogP contribution in [0, 0.1) is 0 Å². The van der Waals surface area contributed by atoms with E-state index in [1.165, 1.54) is 17.8 Å². The average Bonchev–Trinajstić information content (AvgIpc) is 2.65. The average molecular weight is 299 g/mol. The number of carbonyl (C=O) groups excluding carboxylic acids is 1. The zero-order valence-electron chi connectivity index (χ0n) is 12.8. The van der Waals surface area contributed by atoms with Gasteiger partial charge in [0.15, 0.2) is 0 Å². The first kappa shape index (κ1) is 16.8. The molecule has 0 spiro atoms. The summed E-state index contributed by atoms with van der Waals surface area (Å²) in [7, 11) is 1.51. The highest BCUT2D eigenvalue weighted by molar-refractivity contribution is 5.85. The van der Waals surface area contributed by atoms with Crippen LogP contribution >= 0.6 is 0 Å². The van der Waals surface area contributed by atoms with Crippen molar-refractivity contribution in [1.29, 1.82) is 0 Å². The summed E-state index contributed by atoms with van der Waals surface area (Å²) >= 11 is 0. The van der Waals surface area contributed by atoms with Crippen molar-refractivity contribution in [3.05, 3.63) is 11.8 Å². The third kappa shape index (κ3) is 5.72. The van der Waals surface area contributed by atoms with Crippen molar-refractivity contribution in [1.82, 2.24) is 15.1 Å². The second-order valence-electron chi connectivity index (χ2n) is 5.65. The van der Waals surface area contributed by atoms with Gasteiger partial charge in [0.05, 0.1) is 6.04 Å². The lowest BCUT2D eigenvalue weighted by atomic mass is 10.2. The van der Waals surface area contributed by atoms with Gasteiger partial charge in [0.2, 0.25) is 5.88 Å². The molecular formula is C13H21N3O5. The molecule has 0 radical (unpaired) electrons. The number of aromatic carboxylic acids is 1. The first-order valence-corrected chi connectivity index (χ1v) is 6.48. The Bertz CT molecular complexity index is 518. The van der Waals surface area contributed by atoms with Crippen LogP contribution in [0.15, 0.2) is 6.07 Å². The van der Waals surface area contributed by atoms with E-state index in [-0.39, 0.29) is 24.2 Å². The molecule has 0 saturated carbocycles. The highest BCUT2D eigenvalue weighted by atomic mass is 16.6. The number of rotatable bonds is 5. The minimum atomic E-state index is -1.08. The summed E-state index contributed by atoms with van der Waals surface area (Å²) < 4.78 is 11.7. The summed E-state index contributed by atoms with van der Waals surface area (Å²) in [5.41, 5.74) is -0.542. The quantitative estimate of drug-likeness (QED) is 0.852. The van der Waals surface area contributed by atoms with Gasteiger partial charge in [-0.2, -0.15) is 0 Å². The minimum Gasteiger partial charge on any atom is -0.477 e. The van der Waals surface area contributed by atoms with E-state index in [1.807, 2.05) is 0 Å². The van der Waals surface area contributed by atoms with Gasteiger partial charge in [-0.15, -0.1) is 5.10 Å². The maximum Gasteiger partial charge on any atom is 0.407 e. The Balaban J connectivity index is 2.46.